The van der Waals surface area contributed by atoms with Gasteiger partial charge in [-0.3, -0.25) is 4.79 Å². The number of alkyl halides is 3. The quantitative estimate of drug-likeness (QED) is 0.429. The number of Topliss-reactive ketones (excluding diaryl/α,β-unsaturated/α-hetero) is 1. The summed E-state index contributed by atoms with van der Waals surface area (Å²) in [6, 6.07) is 0. The van der Waals surface area contributed by atoms with Gasteiger partial charge in [0.05, 0.1) is 11.4 Å². The number of carbonyl (C=O) groups is 3. The van der Waals surface area contributed by atoms with Gasteiger partial charge in [-0.1, -0.05) is 20.8 Å². The Labute approximate surface area is 137 Å². The molecule has 0 N–H and O–H groups in total. The van der Waals surface area contributed by atoms with E-state index in [0.717, 1.165) is 20.8 Å². The predicted octanol–water partition coefficient (Wildman–Crippen LogP) is -0.810. The Hall–Kier alpha value is -1.31. The van der Waals surface area contributed by atoms with Crippen LogP contribution in [0.3, 0.4) is 0 Å². The third kappa shape index (κ3) is 3.18. The first-order chi connectivity index (χ1) is 10.2. The van der Waals surface area contributed by atoms with E-state index in [9.17, 15) is 37.8 Å². The summed E-state index contributed by atoms with van der Waals surface area (Å²) in [5.41, 5.74) is -6.82. The molecule has 1 rings (SSSR count). The van der Waals surface area contributed by atoms with Crippen LogP contribution in [-0.2, 0) is 39.7 Å². The molecule has 11 heteroatoms. The Morgan fingerprint density at radius 3 is 1.57 bits per heavy atom. The molecule has 130 valence electrons. The van der Waals surface area contributed by atoms with Gasteiger partial charge in [-0.05, 0) is 18.3 Å². The van der Waals surface area contributed by atoms with Crippen LogP contribution in [0, 0.1) is 16.2 Å². The molecule has 0 saturated heterocycles. The first kappa shape index (κ1) is 21.7. The molecule has 0 aromatic carbocycles. The summed E-state index contributed by atoms with van der Waals surface area (Å²) in [6.45, 7) is 3.10. The van der Waals surface area contributed by atoms with Gasteiger partial charge in [-0.25, -0.2) is 0 Å². The van der Waals surface area contributed by atoms with Gasteiger partial charge in [-0.15, -0.1) is 0 Å². The van der Waals surface area contributed by atoms with E-state index in [-0.39, 0.29) is 0 Å². The fourth-order valence-corrected chi connectivity index (χ4v) is 2.98. The summed E-state index contributed by atoms with van der Waals surface area (Å²) in [7, 11) is 0. The second-order valence-electron chi connectivity index (χ2n) is 5.83. The molecule has 1 fully saturated rings. The molecule has 0 aromatic heterocycles. The zero-order valence-electron chi connectivity index (χ0n) is 12.3. The Kier molecular flexibility index (Phi) is 6.28. The van der Waals surface area contributed by atoms with E-state index in [1.165, 1.54) is 0 Å². The first-order valence-corrected chi connectivity index (χ1v) is 7.77. The summed E-state index contributed by atoms with van der Waals surface area (Å²) in [4.78, 5) is 34.1. The van der Waals surface area contributed by atoms with Crippen LogP contribution in [-0.4, -0.2) is 23.9 Å². The summed E-state index contributed by atoms with van der Waals surface area (Å²) in [6.07, 6.45) is -6.57. The normalized spacial score (nSPS) is 29.0. The van der Waals surface area contributed by atoms with Crippen molar-refractivity contribution in [2.45, 2.75) is 39.8 Å². The van der Waals surface area contributed by atoms with Crippen LogP contribution < -0.4 is 10.2 Å². The molecule has 0 aromatic rings. The van der Waals surface area contributed by atoms with E-state index < -0.39 is 71.5 Å². The molecule has 1 aliphatic rings. The van der Waals surface area contributed by atoms with Gasteiger partial charge < -0.3 is 19.8 Å². The molecule has 0 spiro atoms. The monoisotopic (exact) mass is 424 g/mol. The molecule has 1 saturated carbocycles. The van der Waals surface area contributed by atoms with Crippen molar-refractivity contribution in [1.29, 1.82) is 0 Å². The molecule has 0 amide bonds. The van der Waals surface area contributed by atoms with Crippen LogP contribution in [0.15, 0.2) is 0 Å². The molecule has 0 bridgehead atoms. The van der Waals surface area contributed by atoms with Crippen LogP contribution in [0.5, 0.6) is 0 Å². The zero-order valence-corrected chi connectivity index (χ0v) is 14.3. The van der Waals surface area contributed by atoms with Crippen LogP contribution in [0.2, 0.25) is 0 Å². The summed E-state index contributed by atoms with van der Waals surface area (Å²) in [5, 5.41) is 22.5. The van der Waals surface area contributed by atoms with Crippen molar-refractivity contribution in [3.63, 3.8) is 0 Å². The van der Waals surface area contributed by atoms with Crippen LogP contribution >= 0.6 is 0 Å². The second-order valence-corrected chi connectivity index (χ2v) is 6.17. The molecule has 7 nitrogen and oxygen atoms in total. The zero-order chi connectivity index (χ0) is 18.9. The Balaban J connectivity index is 0.00000149. The summed E-state index contributed by atoms with van der Waals surface area (Å²) in [5.74, 6) is -6.39. The van der Waals surface area contributed by atoms with Crippen molar-refractivity contribution in [1.82, 2.24) is 0 Å². The Bertz CT molecular complexity index is 565. The van der Waals surface area contributed by atoms with Crippen molar-refractivity contribution in [3.8, 4) is 0 Å². The SMILES string of the molecule is CC1(C(=O)[O-])CCC(C(=O)[O-])(C(=O)C(F)(F)F)C1(C)C.[O]=[Mo+2]=[O]. The summed E-state index contributed by atoms with van der Waals surface area (Å²) < 4.78 is 55.1. The van der Waals surface area contributed by atoms with Gasteiger partial charge in [0.25, 0.3) is 0 Å². The maximum atomic E-state index is 12.7. The molecule has 2 atom stereocenters. The first-order valence-electron chi connectivity index (χ1n) is 6.13. The van der Waals surface area contributed by atoms with Crippen LogP contribution in [0.1, 0.15) is 33.6 Å². The van der Waals surface area contributed by atoms with E-state index >= 15 is 0 Å². The molecular weight excluding hydrogens is 409 g/mol. The summed E-state index contributed by atoms with van der Waals surface area (Å²) >= 11 is -2.03. The second kappa shape index (κ2) is 6.66. The minimum atomic E-state index is -5.39. The average Bonchev–Trinajstić information content (AvgIpc) is 2.58. The number of hydrogen-bond acceptors (Lipinski definition) is 7. The Morgan fingerprint density at radius 1 is 0.957 bits per heavy atom. The number of hydrogen-bond donors (Lipinski definition) is 0. The van der Waals surface area contributed by atoms with Gasteiger partial charge in [0.2, 0.25) is 5.78 Å². The standard InChI is InChI=1S/C12H15F3O5.Mo.2O/c1-9(2)10(3,7(17)18)4-5-11(9,8(19)20)6(16)12(13,14)15;;;/h4-5H2,1-3H3,(H,17,18)(H,19,20);;;/q;+2;;/p-2. The number of aliphatic carboxylic acids is 2. The van der Waals surface area contributed by atoms with E-state index in [0.29, 0.717) is 0 Å². The van der Waals surface area contributed by atoms with Crippen molar-refractivity contribution in [3.05, 3.63) is 0 Å². The van der Waals surface area contributed by atoms with E-state index in [4.69, 9.17) is 6.80 Å². The van der Waals surface area contributed by atoms with Gasteiger partial charge in [0, 0.05) is 11.4 Å². The van der Waals surface area contributed by atoms with Crippen LogP contribution in [0.25, 0.3) is 0 Å². The number of carboxylic acid groups (broad SMARTS) is 2. The fourth-order valence-electron chi connectivity index (χ4n) is 2.98. The van der Waals surface area contributed by atoms with Crippen molar-refractivity contribution in [2.75, 3.05) is 0 Å². The third-order valence-corrected chi connectivity index (χ3v) is 4.89. The van der Waals surface area contributed by atoms with E-state index in [2.05, 4.69) is 0 Å². The molecular formula is C12H13F3MoO7. The van der Waals surface area contributed by atoms with Crippen molar-refractivity contribution >= 4 is 17.7 Å². The third-order valence-electron chi connectivity index (χ3n) is 4.89. The molecule has 1 aliphatic carbocycles. The average molecular weight is 422 g/mol. The molecule has 23 heavy (non-hydrogen) atoms. The maximum absolute atomic E-state index is 12.7. The van der Waals surface area contributed by atoms with Gasteiger partial charge >= 0.3 is 31.5 Å². The predicted molar refractivity (Wildman–Crippen MR) is 56.0 cm³/mol. The van der Waals surface area contributed by atoms with Crippen LogP contribution in [0.4, 0.5) is 13.2 Å². The number of rotatable bonds is 3. The number of halogens is 3. The number of ketones is 1. The topological polar surface area (TPSA) is 131 Å². The fraction of sp³-hybridized carbons (Fsp3) is 0.750. The van der Waals surface area contributed by atoms with Crippen molar-refractivity contribution < 1.29 is 63.1 Å². The minimum absolute atomic E-state index is 0.419. The van der Waals surface area contributed by atoms with Gasteiger partial charge in [-0.2, -0.15) is 13.2 Å². The molecule has 0 radical (unpaired) electrons. The van der Waals surface area contributed by atoms with Crippen molar-refractivity contribution in [2.24, 2.45) is 16.2 Å². The van der Waals surface area contributed by atoms with Gasteiger partial charge in [0.1, 0.15) is 0 Å². The molecule has 0 aliphatic heterocycles. The van der Waals surface area contributed by atoms with Gasteiger partial charge in [0.15, 0.2) is 0 Å². The molecule has 0 heterocycles. The van der Waals surface area contributed by atoms with E-state index in [1.54, 1.807) is 0 Å². The Morgan fingerprint density at radius 2 is 1.35 bits per heavy atom. The number of carboxylic acids is 2. The number of carbonyl (C=O) groups excluding carboxylic acids is 3. The van der Waals surface area contributed by atoms with E-state index in [1.807, 2.05) is 0 Å². The molecule has 2 unspecified atom stereocenters.